The van der Waals surface area contributed by atoms with Crippen LogP contribution >= 0.6 is 15.9 Å². The van der Waals surface area contributed by atoms with Crippen molar-refractivity contribution in [2.24, 2.45) is 0 Å². The fourth-order valence-corrected chi connectivity index (χ4v) is 4.82. The molecule has 0 radical (unpaired) electrons. The molecule has 8 heteroatoms. The van der Waals surface area contributed by atoms with Crippen LogP contribution in [0.2, 0.25) is 0 Å². The molecule has 0 aliphatic rings. The summed E-state index contributed by atoms with van der Waals surface area (Å²) in [5.74, 6) is -0.305. The third kappa shape index (κ3) is 5.40. The first kappa shape index (κ1) is 22.1. The number of benzene rings is 3. The van der Waals surface area contributed by atoms with Crippen LogP contribution in [0.25, 0.3) is 10.9 Å². The summed E-state index contributed by atoms with van der Waals surface area (Å²) in [6.45, 7) is 0. The minimum Gasteiger partial charge on any atom is -0.326 e. The van der Waals surface area contributed by atoms with Gasteiger partial charge < -0.3 is 5.32 Å². The molecule has 1 heterocycles. The highest BCUT2D eigenvalue weighted by atomic mass is 79.9. The van der Waals surface area contributed by atoms with E-state index in [1.54, 1.807) is 36.5 Å². The van der Waals surface area contributed by atoms with E-state index in [1.807, 2.05) is 42.5 Å². The summed E-state index contributed by atoms with van der Waals surface area (Å²) in [5, 5.41) is 3.76. The second kappa shape index (κ2) is 9.60. The number of carbonyl (C=O) groups excluding carboxylic acids is 1. The highest BCUT2D eigenvalue weighted by Gasteiger charge is 2.24. The van der Waals surface area contributed by atoms with Gasteiger partial charge in [-0.05, 0) is 54.1 Å². The number of halogens is 1. The van der Waals surface area contributed by atoms with Crippen molar-refractivity contribution >= 4 is 48.5 Å². The minimum absolute atomic E-state index is 0.0646. The Kier molecular flexibility index (Phi) is 6.64. The van der Waals surface area contributed by atoms with Crippen molar-refractivity contribution in [2.75, 3.05) is 5.32 Å². The number of nitrogens with zero attached hydrogens (tertiary/aromatic N) is 1. The molecule has 32 heavy (non-hydrogen) atoms. The van der Waals surface area contributed by atoms with E-state index in [2.05, 4.69) is 31.0 Å². The number of sulfonamides is 1. The number of hydrogen-bond donors (Lipinski definition) is 2. The maximum atomic E-state index is 12.9. The van der Waals surface area contributed by atoms with Gasteiger partial charge in [0.05, 0.1) is 16.5 Å². The normalized spacial score (nSPS) is 12.4. The van der Waals surface area contributed by atoms with E-state index in [4.69, 9.17) is 0 Å². The Morgan fingerprint density at radius 2 is 1.69 bits per heavy atom. The lowest BCUT2D eigenvalue weighted by Gasteiger charge is -2.19. The topological polar surface area (TPSA) is 88.2 Å². The van der Waals surface area contributed by atoms with Gasteiger partial charge in [-0.3, -0.25) is 9.78 Å². The third-order valence-electron chi connectivity index (χ3n) is 4.90. The van der Waals surface area contributed by atoms with E-state index in [9.17, 15) is 13.2 Å². The molecule has 1 atom stereocenters. The maximum absolute atomic E-state index is 12.9. The summed E-state index contributed by atoms with van der Waals surface area (Å²) in [7, 11) is -3.83. The number of rotatable bonds is 7. The summed E-state index contributed by atoms with van der Waals surface area (Å²) in [6, 6.07) is 23.8. The first-order valence-corrected chi connectivity index (χ1v) is 12.2. The Morgan fingerprint density at radius 1 is 0.938 bits per heavy atom. The van der Waals surface area contributed by atoms with Crippen molar-refractivity contribution in [1.82, 2.24) is 9.71 Å². The van der Waals surface area contributed by atoms with Crippen LogP contribution in [0.5, 0.6) is 0 Å². The molecule has 1 amide bonds. The van der Waals surface area contributed by atoms with Crippen molar-refractivity contribution in [3.8, 4) is 0 Å². The molecule has 0 aliphatic heterocycles. The minimum atomic E-state index is -3.83. The Bertz CT molecular complexity index is 1340. The van der Waals surface area contributed by atoms with Crippen LogP contribution in [0.1, 0.15) is 18.0 Å². The van der Waals surface area contributed by atoms with E-state index in [0.717, 1.165) is 15.4 Å². The maximum Gasteiger partial charge on any atom is 0.241 e. The zero-order chi connectivity index (χ0) is 22.6. The number of hydrogen-bond acceptors (Lipinski definition) is 4. The van der Waals surface area contributed by atoms with Gasteiger partial charge in [-0.15, -0.1) is 0 Å². The van der Waals surface area contributed by atoms with E-state index >= 15 is 0 Å². The number of anilines is 1. The van der Waals surface area contributed by atoms with Gasteiger partial charge >= 0.3 is 0 Å². The lowest BCUT2D eigenvalue weighted by atomic mass is 10.0. The van der Waals surface area contributed by atoms with Crippen LogP contribution in [0.3, 0.4) is 0 Å². The molecule has 6 nitrogen and oxygen atoms in total. The second-order valence-corrected chi connectivity index (χ2v) is 9.83. The molecule has 0 spiro atoms. The van der Waals surface area contributed by atoms with Gasteiger partial charge in [0.2, 0.25) is 15.9 Å². The summed E-state index contributed by atoms with van der Waals surface area (Å²) in [5.41, 5.74) is 2.15. The molecule has 3 aromatic carbocycles. The van der Waals surface area contributed by atoms with E-state index in [0.29, 0.717) is 11.3 Å². The summed E-state index contributed by atoms with van der Waals surface area (Å²) in [4.78, 5) is 17.2. The van der Waals surface area contributed by atoms with Gasteiger partial charge in [0, 0.05) is 28.2 Å². The molecular formula is C24H20BrN3O3S. The van der Waals surface area contributed by atoms with Gasteiger partial charge in [-0.25, -0.2) is 13.1 Å². The molecule has 1 unspecified atom stereocenters. The molecule has 1 aromatic heterocycles. The van der Waals surface area contributed by atoms with Gasteiger partial charge in [0.1, 0.15) is 0 Å². The fourth-order valence-electron chi connectivity index (χ4n) is 3.33. The van der Waals surface area contributed by atoms with E-state index in [1.165, 1.54) is 12.1 Å². The average molecular weight is 510 g/mol. The van der Waals surface area contributed by atoms with Crippen molar-refractivity contribution in [3.05, 3.63) is 101 Å². The Morgan fingerprint density at radius 3 is 2.44 bits per heavy atom. The predicted octanol–water partition coefficient (Wildman–Crippen LogP) is 5.05. The zero-order valence-electron chi connectivity index (χ0n) is 16.9. The third-order valence-corrected chi connectivity index (χ3v) is 6.92. The molecule has 0 aliphatic carbocycles. The molecule has 0 saturated carbocycles. The zero-order valence-corrected chi connectivity index (χ0v) is 19.3. The van der Waals surface area contributed by atoms with Crippen LogP contribution < -0.4 is 10.0 Å². The first-order chi connectivity index (χ1) is 15.4. The molecule has 162 valence electrons. The number of aromatic nitrogens is 1. The Labute approximate surface area is 194 Å². The largest absolute Gasteiger partial charge is 0.326 e. The van der Waals surface area contributed by atoms with Gasteiger partial charge in [0.25, 0.3) is 0 Å². The van der Waals surface area contributed by atoms with E-state index < -0.39 is 16.1 Å². The molecule has 4 aromatic rings. The van der Waals surface area contributed by atoms with Crippen molar-refractivity contribution in [1.29, 1.82) is 0 Å². The number of carbonyl (C=O) groups is 1. The van der Waals surface area contributed by atoms with Crippen molar-refractivity contribution < 1.29 is 13.2 Å². The molecule has 4 rings (SSSR count). The second-order valence-electron chi connectivity index (χ2n) is 7.20. The summed E-state index contributed by atoms with van der Waals surface area (Å²) < 4.78 is 29.4. The Hall–Kier alpha value is -3.07. The van der Waals surface area contributed by atoms with Crippen LogP contribution in [-0.4, -0.2) is 19.3 Å². The highest BCUT2D eigenvalue weighted by Crippen LogP contribution is 2.23. The van der Waals surface area contributed by atoms with Crippen LogP contribution in [0.4, 0.5) is 5.69 Å². The SMILES string of the molecule is O=C(CC(NS(=O)(=O)c1ccc(Br)cc1)c1ccccc1)Nc1ccc2ncccc2c1. The number of pyridine rings is 1. The summed E-state index contributed by atoms with van der Waals surface area (Å²) in [6.07, 6.45) is 1.65. The summed E-state index contributed by atoms with van der Waals surface area (Å²) >= 11 is 3.31. The quantitative estimate of drug-likeness (QED) is 0.365. The lowest BCUT2D eigenvalue weighted by Crippen LogP contribution is -2.31. The molecular weight excluding hydrogens is 490 g/mol. The van der Waals surface area contributed by atoms with Crippen LogP contribution in [0.15, 0.2) is 100 Å². The number of amides is 1. The smallest absolute Gasteiger partial charge is 0.241 e. The molecule has 0 fully saturated rings. The lowest BCUT2D eigenvalue weighted by molar-refractivity contribution is -0.116. The average Bonchev–Trinajstić information content (AvgIpc) is 2.79. The molecule has 0 bridgehead atoms. The van der Waals surface area contributed by atoms with Crippen molar-refractivity contribution in [2.45, 2.75) is 17.4 Å². The van der Waals surface area contributed by atoms with Crippen LogP contribution in [-0.2, 0) is 14.8 Å². The van der Waals surface area contributed by atoms with Gasteiger partial charge in [-0.1, -0.05) is 52.3 Å². The molecule has 2 N–H and O–H groups in total. The van der Waals surface area contributed by atoms with Crippen LogP contribution in [0, 0.1) is 0 Å². The first-order valence-electron chi connectivity index (χ1n) is 9.88. The Balaban J connectivity index is 1.55. The monoisotopic (exact) mass is 509 g/mol. The molecule has 0 saturated heterocycles. The van der Waals surface area contributed by atoms with Gasteiger partial charge in [0.15, 0.2) is 0 Å². The fraction of sp³-hybridized carbons (Fsp3) is 0.0833. The number of nitrogens with one attached hydrogen (secondary N) is 2. The number of fused-ring (bicyclic) bond motifs is 1. The predicted molar refractivity (Wildman–Crippen MR) is 129 cm³/mol. The standard InChI is InChI=1S/C24H20BrN3O3S/c25-19-8-11-21(12-9-19)32(30,31)28-23(17-5-2-1-3-6-17)16-24(29)27-20-10-13-22-18(15-20)7-4-14-26-22/h1-15,23,28H,16H2,(H,27,29). The highest BCUT2D eigenvalue weighted by molar-refractivity contribution is 9.10. The van der Waals surface area contributed by atoms with E-state index in [-0.39, 0.29) is 17.2 Å². The van der Waals surface area contributed by atoms with Crippen molar-refractivity contribution in [3.63, 3.8) is 0 Å². The van der Waals surface area contributed by atoms with Gasteiger partial charge in [-0.2, -0.15) is 0 Å².